The molecule has 0 bridgehead atoms. The van der Waals surface area contributed by atoms with E-state index < -0.39 is 11.1 Å². The predicted octanol–water partition coefficient (Wildman–Crippen LogP) is 6.71. The highest BCUT2D eigenvalue weighted by Gasteiger charge is 2.35. The zero-order valence-electron chi connectivity index (χ0n) is 19.7. The Kier molecular flexibility index (Phi) is 8.68. The molecular weight excluding hydrogens is 524 g/mol. The standard InChI is InChI=1S/C27H22ClF2NO5S/c1-2-34-23-14-18(13-22(28)25(23)36-16-17-4-3-5-20(30)12-17)15-24-26(32)31(27(33)37-24)10-11-35-21-8-6-19(29)7-9-21/h3-9,12-15H,2,10-11,16H2,1H3/b24-15-. The Morgan fingerprint density at radius 3 is 2.49 bits per heavy atom. The van der Waals surface area contributed by atoms with E-state index in [2.05, 4.69) is 0 Å². The molecule has 2 amide bonds. The van der Waals surface area contributed by atoms with Crippen LogP contribution in [0.15, 0.2) is 65.6 Å². The van der Waals surface area contributed by atoms with Gasteiger partial charge in [0, 0.05) is 0 Å². The summed E-state index contributed by atoms with van der Waals surface area (Å²) in [5.74, 6) is -0.147. The van der Waals surface area contributed by atoms with Crippen molar-refractivity contribution < 1.29 is 32.6 Å². The summed E-state index contributed by atoms with van der Waals surface area (Å²) in [4.78, 5) is 26.6. The molecule has 10 heteroatoms. The van der Waals surface area contributed by atoms with Gasteiger partial charge in [-0.3, -0.25) is 14.5 Å². The van der Waals surface area contributed by atoms with Crippen molar-refractivity contribution in [1.82, 2.24) is 4.90 Å². The fraction of sp³-hybridized carbons (Fsp3) is 0.185. The Hall–Kier alpha value is -3.56. The molecule has 0 radical (unpaired) electrons. The van der Waals surface area contributed by atoms with E-state index in [1.165, 1.54) is 36.4 Å². The van der Waals surface area contributed by atoms with Gasteiger partial charge in [-0.1, -0.05) is 23.7 Å². The van der Waals surface area contributed by atoms with Gasteiger partial charge >= 0.3 is 0 Å². The molecule has 0 unspecified atom stereocenters. The first kappa shape index (κ1) is 26.5. The van der Waals surface area contributed by atoms with Crippen LogP contribution in [-0.4, -0.2) is 35.8 Å². The second-order valence-corrected chi connectivity index (χ2v) is 9.22. The number of carbonyl (C=O) groups excluding carboxylic acids is 2. The Morgan fingerprint density at radius 1 is 0.973 bits per heavy atom. The average molecular weight is 546 g/mol. The first-order chi connectivity index (χ1) is 17.8. The van der Waals surface area contributed by atoms with Gasteiger partial charge in [0.05, 0.1) is 23.1 Å². The fourth-order valence-corrected chi connectivity index (χ4v) is 4.62. The first-order valence-electron chi connectivity index (χ1n) is 11.3. The minimum Gasteiger partial charge on any atom is -0.492 e. The Bertz CT molecular complexity index is 1330. The zero-order valence-corrected chi connectivity index (χ0v) is 21.3. The van der Waals surface area contributed by atoms with Gasteiger partial charge in [0.25, 0.3) is 11.1 Å². The summed E-state index contributed by atoms with van der Waals surface area (Å²) < 4.78 is 43.5. The van der Waals surface area contributed by atoms with Crippen molar-refractivity contribution in [3.63, 3.8) is 0 Å². The lowest BCUT2D eigenvalue weighted by Crippen LogP contribution is -2.32. The molecule has 1 fully saturated rings. The monoisotopic (exact) mass is 545 g/mol. The number of hydrogen-bond donors (Lipinski definition) is 0. The van der Waals surface area contributed by atoms with Gasteiger partial charge < -0.3 is 14.2 Å². The highest BCUT2D eigenvalue weighted by atomic mass is 35.5. The summed E-state index contributed by atoms with van der Waals surface area (Å²) in [5.41, 5.74) is 1.17. The van der Waals surface area contributed by atoms with Crippen LogP contribution in [0.25, 0.3) is 6.08 Å². The minimum atomic E-state index is -0.460. The third-order valence-corrected chi connectivity index (χ3v) is 6.36. The number of rotatable bonds is 10. The van der Waals surface area contributed by atoms with Gasteiger partial charge in [-0.15, -0.1) is 0 Å². The topological polar surface area (TPSA) is 65.1 Å². The molecule has 1 heterocycles. The zero-order chi connectivity index (χ0) is 26.4. The second-order valence-electron chi connectivity index (χ2n) is 7.82. The molecule has 37 heavy (non-hydrogen) atoms. The van der Waals surface area contributed by atoms with Gasteiger partial charge in [0.1, 0.15) is 30.6 Å². The fourth-order valence-electron chi connectivity index (χ4n) is 3.49. The SMILES string of the molecule is CCOc1cc(/C=C2\SC(=O)N(CCOc3ccc(F)cc3)C2=O)cc(Cl)c1OCc1cccc(F)c1. The molecule has 6 nitrogen and oxygen atoms in total. The van der Waals surface area contributed by atoms with Gasteiger partial charge in [0.15, 0.2) is 11.5 Å². The number of hydrogen-bond acceptors (Lipinski definition) is 6. The van der Waals surface area contributed by atoms with E-state index in [9.17, 15) is 18.4 Å². The third kappa shape index (κ3) is 6.81. The van der Waals surface area contributed by atoms with E-state index in [0.717, 1.165) is 16.7 Å². The summed E-state index contributed by atoms with van der Waals surface area (Å²) in [5, 5.41) is -0.189. The molecular formula is C27H22ClF2NO5S. The predicted molar refractivity (Wildman–Crippen MR) is 138 cm³/mol. The van der Waals surface area contributed by atoms with Crippen LogP contribution >= 0.6 is 23.4 Å². The molecule has 0 aliphatic carbocycles. The van der Waals surface area contributed by atoms with Crippen molar-refractivity contribution in [1.29, 1.82) is 0 Å². The lowest BCUT2D eigenvalue weighted by molar-refractivity contribution is -0.123. The molecule has 1 aliphatic rings. The van der Waals surface area contributed by atoms with Crippen LogP contribution < -0.4 is 14.2 Å². The highest BCUT2D eigenvalue weighted by molar-refractivity contribution is 8.18. The van der Waals surface area contributed by atoms with Crippen molar-refractivity contribution in [2.45, 2.75) is 13.5 Å². The lowest BCUT2D eigenvalue weighted by atomic mass is 10.1. The molecule has 0 saturated carbocycles. The first-order valence-corrected chi connectivity index (χ1v) is 12.5. The number of carbonyl (C=O) groups is 2. The summed E-state index contributed by atoms with van der Waals surface area (Å²) in [6.07, 6.45) is 1.55. The quantitative estimate of drug-likeness (QED) is 0.264. The van der Waals surface area contributed by atoms with Crippen molar-refractivity contribution in [3.05, 3.63) is 93.4 Å². The van der Waals surface area contributed by atoms with Crippen LogP contribution in [0.1, 0.15) is 18.1 Å². The molecule has 4 rings (SSSR count). The van der Waals surface area contributed by atoms with Crippen LogP contribution in [0.3, 0.4) is 0 Å². The number of imide groups is 1. The van der Waals surface area contributed by atoms with Crippen LogP contribution in [0.4, 0.5) is 13.6 Å². The summed E-state index contributed by atoms with van der Waals surface area (Å²) in [6.45, 7) is 2.32. The average Bonchev–Trinajstić information content (AvgIpc) is 3.12. The van der Waals surface area contributed by atoms with E-state index in [1.54, 1.807) is 37.3 Å². The molecule has 3 aromatic rings. The second kappa shape index (κ2) is 12.1. The summed E-state index contributed by atoms with van der Waals surface area (Å²) in [7, 11) is 0. The normalized spacial score (nSPS) is 14.4. The highest BCUT2D eigenvalue weighted by Crippen LogP contribution is 2.39. The van der Waals surface area contributed by atoms with Gasteiger partial charge in [-0.25, -0.2) is 8.78 Å². The van der Waals surface area contributed by atoms with E-state index in [4.69, 9.17) is 25.8 Å². The smallest absolute Gasteiger partial charge is 0.293 e. The maximum Gasteiger partial charge on any atom is 0.293 e. The van der Waals surface area contributed by atoms with Crippen molar-refractivity contribution >= 4 is 40.6 Å². The largest absolute Gasteiger partial charge is 0.492 e. The number of halogens is 3. The Morgan fingerprint density at radius 2 is 1.76 bits per heavy atom. The summed E-state index contributed by atoms with van der Waals surface area (Å²) in [6, 6.07) is 14.7. The van der Waals surface area contributed by atoms with Gasteiger partial charge in [-0.05, 0) is 84.4 Å². The lowest BCUT2D eigenvalue weighted by Gasteiger charge is -2.15. The van der Waals surface area contributed by atoms with Gasteiger partial charge in [-0.2, -0.15) is 0 Å². The van der Waals surface area contributed by atoms with Crippen molar-refractivity contribution in [2.24, 2.45) is 0 Å². The minimum absolute atomic E-state index is 0.0389. The van der Waals surface area contributed by atoms with Crippen molar-refractivity contribution in [3.8, 4) is 17.2 Å². The number of amides is 2. The molecule has 1 aliphatic heterocycles. The Labute approximate surface area is 221 Å². The number of thioether (sulfide) groups is 1. The maximum atomic E-state index is 13.5. The third-order valence-electron chi connectivity index (χ3n) is 5.17. The number of nitrogens with zero attached hydrogens (tertiary/aromatic N) is 1. The molecule has 0 aromatic heterocycles. The molecule has 0 spiro atoms. The van der Waals surface area contributed by atoms with E-state index >= 15 is 0 Å². The van der Waals surface area contributed by atoms with Gasteiger partial charge in [0.2, 0.25) is 0 Å². The van der Waals surface area contributed by atoms with E-state index in [-0.39, 0.29) is 47.1 Å². The molecule has 3 aromatic carbocycles. The number of ether oxygens (including phenoxy) is 3. The van der Waals surface area contributed by atoms with E-state index in [1.807, 2.05) is 0 Å². The summed E-state index contributed by atoms with van der Waals surface area (Å²) >= 11 is 7.27. The Balaban J connectivity index is 1.45. The number of benzene rings is 3. The van der Waals surface area contributed by atoms with E-state index in [0.29, 0.717) is 29.2 Å². The maximum absolute atomic E-state index is 13.5. The van der Waals surface area contributed by atoms with Crippen molar-refractivity contribution in [2.75, 3.05) is 19.8 Å². The molecule has 0 N–H and O–H groups in total. The molecule has 0 atom stereocenters. The molecule has 192 valence electrons. The van der Waals surface area contributed by atoms with Crippen LogP contribution in [-0.2, 0) is 11.4 Å². The molecule has 1 saturated heterocycles. The van der Waals surface area contributed by atoms with Crippen LogP contribution in [0.5, 0.6) is 17.2 Å². The van der Waals surface area contributed by atoms with Crippen LogP contribution in [0, 0.1) is 11.6 Å². The van der Waals surface area contributed by atoms with Crippen LogP contribution in [0.2, 0.25) is 5.02 Å².